The Morgan fingerprint density at radius 1 is 1.58 bits per heavy atom. The van der Waals surface area contributed by atoms with Crippen molar-refractivity contribution >= 4 is 0 Å². The first-order valence-electron chi connectivity index (χ1n) is 4.48. The van der Waals surface area contributed by atoms with Crippen molar-refractivity contribution in [3.05, 3.63) is 18.2 Å². The molecule has 0 fully saturated rings. The van der Waals surface area contributed by atoms with E-state index in [9.17, 15) is 0 Å². The second-order valence-electron chi connectivity index (χ2n) is 3.38. The van der Waals surface area contributed by atoms with Crippen LogP contribution in [0.4, 0.5) is 0 Å². The van der Waals surface area contributed by atoms with Gasteiger partial charge in [-0.1, -0.05) is 13.8 Å². The number of aromatic nitrogens is 2. The molecule has 12 heavy (non-hydrogen) atoms. The summed E-state index contributed by atoms with van der Waals surface area (Å²) in [5.41, 5.74) is 0. The van der Waals surface area contributed by atoms with E-state index in [0.29, 0.717) is 0 Å². The van der Waals surface area contributed by atoms with Gasteiger partial charge in [0.15, 0.2) is 0 Å². The van der Waals surface area contributed by atoms with Gasteiger partial charge in [0.25, 0.3) is 0 Å². The summed E-state index contributed by atoms with van der Waals surface area (Å²) in [7, 11) is 0. The highest BCUT2D eigenvalue weighted by Crippen LogP contribution is 1.90. The molecule has 0 spiro atoms. The summed E-state index contributed by atoms with van der Waals surface area (Å²) in [6.07, 6.45) is 4.63. The lowest BCUT2D eigenvalue weighted by atomic mass is 10.2. The minimum Gasteiger partial charge on any atom is -0.349 e. The molecule has 0 saturated carbocycles. The van der Waals surface area contributed by atoms with Crippen LogP contribution < -0.4 is 5.32 Å². The lowest BCUT2D eigenvalue weighted by molar-refractivity contribution is 0.551. The Balaban J connectivity index is 2.04. The maximum atomic E-state index is 4.14. The SMILES string of the molecule is CC(C)CNCCc1ncc[nH]1. The van der Waals surface area contributed by atoms with Crippen molar-refractivity contribution in [3.8, 4) is 0 Å². The normalized spacial score (nSPS) is 10.9. The number of H-pyrrole nitrogens is 1. The topological polar surface area (TPSA) is 40.7 Å². The van der Waals surface area contributed by atoms with E-state index in [1.54, 1.807) is 6.20 Å². The van der Waals surface area contributed by atoms with Crippen LogP contribution in [0.5, 0.6) is 0 Å². The summed E-state index contributed by atoms with van der Waals surface area (Å²) >= 11 is 0. The average Bonchev–Trinajstić information content (AvgIpc) is 2.49. The Kier molecular flexibility index (Phi) is 3.80. The molecule has 0 amide bonds. The van der Waals surface area contributed by atoms with Gasteiger partial charge in [0.05, 0.1) is 0 Å². The lowest BCUT2D eigenvalue weighted by Crippen LogP contribution is -2.22. The number of imidazole rings is 1. The van der Waals surface area contributed by atoms with Gasteiger partial charge in [0.2, 0.25) is 0 Å². The zero-order valence-corrected chi connectivity index (χ0v) is 7.80. The van der Waals surface area contributed by atoms with Crippen molar-refractivity contribution in [2.75, 3.05) is 13.1 Å². The van der Waals surface area contributed by atoms with Crippen molar-refractivity contribution in [2.24, 2.45) is 5.92 Å². The number of aromatic amines is 1. The third kappa shape index (κ3) is 3.53. The first-order valence-corrected chi connectivity index (χ1v) is 4.48. The Morgan fingerprint density at radius 2 is 2.42 bits per heavy atom. The van der Waals surface area contributed by atoms with Crippen LogP contribution in [0.1, 0.15) is 19.7 Å². The molecule has 0 saturated heterocycles. The molecule has 1 heterocycles. The van der Waals surface area contributed by atoms with Crippen molar-refractivity contribution < 1.29 is 0 Å². The van der Waals surface area contributed by atoms with Crippen LogP contribution in [0.2, 0.25) is 0 Å². The summed E-state index contributed by atoms with van der Waals surface area (Å²) in [5, 5.41) is 3.36. The summed E-state index contributed by atoms with van der Waals surface area (Å²) in [6, 6.07) is 0. The summed E-state index contributed by atoms with van der Waals surface area (Å²) in [6.45, 7) is 6.51. The Morgan fingerprint density at radius 3 is 3.00 bits per heavy atom. The maximum absolute atomic E-state index is 4.14. The van der Waals surface area contributed by atoms with E-state index < -0.39 is 0 Å². The second kappa shape index (κ2) is 4.93. The third-order valence-corrected chi connectivity index (χ3v) is 1.65. The molecule has 68 valence electrons. The molecule has 1 aromatic heterocycles. The van der Waals surface area contributed by atoms with E-state index in [1.807, 2.05) is 6.20 Å². The number of nitrogens with one attached hydrogen (secondary N) is 2. The van der Waals surface area contributed by atoms with Crippen LogP contribution in [0.3, 0.4) is 0 Å². The molecule has 0 atom stereocenters. The molecule has 1 rings (SSSR count). The van der Waals surface area contributed by atoms with E-state index in [0.717, 1.165) is 31.3 Å². The van der Waals surface area contributed by atoms with E-state index in [1.165, 1.54) is 0 Å². The van der Waals surface area contributed by atoms with Gasteiger partial charge < -0.3 is 10.3 Å². The van der Waals surface area contributed by atoms with Crippen LogP contribution in [-0.2, 0) is 6.42 Å². The summed E-state index contributed by atoms with van der Waals surface area (Å²) in [4.78, 5) is 7.21. The van der Waals surface area contributed by atoms with E-state index in [-0.39, 0.29) is 0 Å². The molecule has 3 heteroatoms. The lowest BCUT2D eigenvalue weighted by Gasteiger charge is -2.05. The first-order chi connectivity index (χ1) is 5.79. The fraction of sp³-hybridized carbons (Fsp3) is 0.667. The summed E-state index contributed by atoms with van der Waals surface area (Å²) in [5.74, 6) is 1.79. The minimum absolute atomic E-state index is 0.724. The van der Waals surface area contributed by atoms with Crippen LogP contribution in [0, 0.1) is 5.92 Å². The number of nitrogens with zero attached hydrogens (tertiary/aromatic N) is 1. The number of rotatable bonds is 5. The quantitative estimate of drug-likeness (QED) is 0.647. The van der Waals surface area contributed by atoms with E-state index >= 15 is 0 Å². The van der Waals surface area contributed by atoms with Crippen molar-refractivity contribution in [2.45, 2.75) is 20.3 Å². The molecule has 0 aliphatic heterocycles. The largest absolute Gasteiger partial charge is 0.349 e. The molecule has 3 nitrogen and oxygen atoms in total. The highest BCUT2D eigenvalue weighted by Gasteiger charge is 1.95. The van der Waals surface area contributed by atoms with Gasteiger partial charge in [0.1, 0.15) is 5.82 Å². The van der Waals surface area contributed by atoms with Crippen LogP contribution in [0.15, 0.2) is 12.4 Å². The van der Waals surface area contributed by atoms with Crippen LogP contribution in [-0.4, -0.2) is 23.1 Å². The van der Waals surface area contributed by atoms with Gasteiger partial charge in [0, 0.05) is 25.4 Å². The van der Waals surface area contributed by atoms with E-state index in [4.69, 9.17) is 0 Å². The Bertz CT molecular complexity index is 192. The average molecular weight is 167 g/mol. The third-order valence-electron chi connectivity index (χ3n) is 1.65. The van der Waals surface area contributed by atoms with Crippen LogP contribution in [0.25, 0.3) is 0 Å². The Hall–Kier alpha value is -0.830. The predicted octanol–water partition coefficient (Wildman–Crippen LogP) is 1.20. The van der Waals surface area contributed by atoms with Crippen molar-refractivity contribution in [3.63, 3.8) is 0 Å². The van der Waals surface area contributed by atoms with E-state index in [2.05, 4.69) is 29.1 Å². The number of hydrogen-bond donors (Lipinski definition) is 2. The molecule has 1 aromatic rings. The van der Waals surface area contributed by atoms with Crippen molar-refractivity contribution in [1.29, 1.82) is 0 Å². The molecule has 0 bridgehead atoms. The molecule has 2 N–H and O–H groups in total. The minimum atomic E-state index is 0.724. The van der Waals surface area contributed by atoms with Gasteiger partial charge in [-0.3, -0.25) is 0 Å². The van der Waals surface area contributed by atoms with Crippen LogP contribution >= 0.6 is 0 Å². The molecule has 0 unspecified atom stereocenters. The Labute approximate surface area is 73.6 Å². The molecular formula is C9H17N3. The van der Waals surface area contributed by atoms with Gasteiger partial charge in [-0.25, -0.2) is 4.98 Å². The maximum Gasteiger partial charge on any atom is 0.107 e. The van der Waals surface area contributed by atoms with Gasteiger partial charge >= 0.3 is 0 Å². The van der Waals surface area contributed by atoms with Gasteiger partial charge in [-0.2, -0.15) is 0 Å². The molecular weight excluding hydrogens is 150 g/mol. The highest BCUT2D eigenvalue weighted by atomic mass is 14.9. The molecule has 0 radical (unpaired) electrons. The van der Waals surface area contributed by atoms with Crippen molar-refractivity contribution in [1.82, 2.24) is 15.3 Å². The fourth-order valence-corrected chi connectivity index (χ4v) is 1.03. The fourth-order valence-electron chi connectivity index (χ4n) is 1.03. The smallest absolute Gasteiger partial charge is 0.107 e. The molecule has 0 aromatic carbocycles. The predicted molar refractivity (Wildman–Crippen MR) is 50.0 cm³/mol. The molecule has 0 aliphatic carbocycles. The standard InChI is InChI=1S/C9H17N3/c1-8(2)7-10-4-3-9-11-5-6-12-9/h5-6,8,10H,3-4,7H2,1-2H3,(H,11,12). The zero-order chi connectivity index (χ0) is 8.81. The number of hydrogen-bond acceptors (Lipinski definition) is 2. The first kappa shape index (κ1) is 9.26. The highest BCUT2D eigenvalue weighted by molar-refractivity contribution is 4.87. The van der Waals surface area contributed by atoms with Gasteiger partial charge in [-0.15, -0.1) is 0 Å². The molecule has 0 aliphatic rings. The zero-order valence-electron chi connectivity index (χ0n) is 7.80. The summed E-state index contributed by atoms with van der Waals surface area (Å²) < 4.78 is 0. The monoisotopic (exact) mass is 167 g/mol. The van der Waals surface area contributed by atoms with Gasteiger partial charge in [-0.05, 0) is 12.5 Å². The second-order valence-corrected chi connectivity index (χ2v) is 3.38.